The topological polar surface area (TPSA) is 87.9 Å². The number of nitrogens with zero attached hydrogens (tertiary/aromatic N) is 2. The minimum absolute atomic E-state index is 0.00856. The Bertz CT molecular complexity index is 885. The molecule has 0 saturated heterocycles. The van der Waals surface area contributed by atoms with Gasteiger partial charge in [0.1, 0.15) is 17.6 Å². The first-order valence-corrected chi connectivity index (χ1v) is 6.27. The molecule has 2 heterocycles. The van der Waals surface area contributed by atoms with Crippen molar-refractivity contribution in [1.29, 1.82) is 5.26 Å². The van der Waals surface area contributed by atoms with Crippen LogP contribution >= 0.6 is 11.6 Å². The van der Waals surface area contributed by atoms with E-state index < -0.39 is 5.82 Å². The van der Waals surface area contributed by atoms with Crippen LogP contribution < -0.4 is 11.1 Å². The van der Waals surface area contributed by atoms with Crippen LogP contribution in [0.4, 0.5) is 21.6 Å². The number of hydrogen-bond donors (Lipinski definition) is 2. The summed E-state index contributed by atoms with van der Waals surface area (Å²) in [6, 6.07) is 7.80. The molecule has 0 saturated carbocycles. The molecule has 0 unspecified atom stereocenters. The van der Waals surface area contributed by atoms with Crippen molar-refractivity contribution >= 4 is 39.8 Å². The molecule has 0 radical (unpaired) electrons. The zero-order valence-electron chi connectivity index (χ0n) is 10.5. The summed E-state index contributed by atoms with van der Waals surface area (Å²) in [5.74, 6) is -0.404. The van der Waals surface area contributed by atoms with Gasteiger partial charge in [0, 0.05) is 11.9 Å². The normalized spacial score (nSPS) is 10.5. The zero-order valence-corrected chi connectivity index (χ0v) is 11.3. The van der Waals surface area contributed by atoms with Crippen LogP contribution in [-0.4, -0.2) is 4.98 Å². The molecule has 3 N–H and O–H groups in total. The van der Waals surface area contributed by atoms with Gasteiger partial charge in [-0.15, -0.1) is 0 Å². The van der Waals surface area contributed by atoms with E-state index >= 15 is 0 Å². The molecule has 21 heavy (non-hydrogen) atoms. The molecule has 0 aliphatic rings. The second kappa shape index (κ2) is 4.96. The number of benzene rings is 1. The maximum absolute atomic E-state index is 13.2. The smallest absolute Gasteiger partial charge is 0.215 e. The highest BCUT2D eigenvalue weighted by molar-refractivity contribution is 6.31. The van der Waals surface area contributed by atoms with Gasteiger partial charge < -0.3 is 15.5 Å². The van der Waals surface area contributed by atoms with Crippen LogP contribution in [0.1, 0.15) is 5.69 Å². The molecule has 0 fully saturated rings. The Balaban J connectivity index is 2.10. The number of furan rings is 1. The molecule has 104 valence electrons. The number of nitrogen functional groups attached to an aromatic ring is 1. The van der Waals surface area contributed by atoms with Gasteiger partial charge in [-0.25, -0.2) is 9.37 Å². The van der Waals surface area contributed by atoms with E-state index in [1.165, 1.54) is 24.4 Å². The summed E-state index contributed by atoms with van der Waals surface area (Å²) in [4.78, 5) is 3.90. The van der Waals surface area contributed by atoms with E-state index in [-0.39, 0.29) is 16.6 Å². The number of rotatable bonds is 2. The number of nitrogens with one attached hydrogen (secondary N) is 1. The predicted octanol–water partition coefficient (Wildman–Crippen LogP) is 3.82. The quantitative estimate of drug-likeness (QED) is 0.751. The molecule has 0 aliphatic heterocycles. The highest BCUT2D eigenvalue weighted by Crippen LogP contribution is 2.36. The van der Waals surface area contributed by atoms with Gasteiger partial charge in [-0.1, -0.05) is 11.6 Å². The fraction of sp³-hybridized carbons (Fsp3) is 0. The number of nitrogens with two attached hydrogens (primary N) is 1. The summed E-state index contributed by atoms with van der Waals surface area (Å²) >= 11 is 5.74. The third kappa shape index (κ3) is 2.24. The Labute approximate surface area is 123 Å². The van der Waals surface area contributed by atoms with E-state index in [0.29, 0.717) is 22.3 Å². The third-order valence-electron chi connectivity index (χ3n) is 2.93. The summed E-state index contributed by atoms with van der Waals surface area (Å²) in [6.07, 6.45) is 1.48. The van der Waals surface area contributed by atoms with Gasteiger partial charge in [-0.05, 0) is 24.3 Å². The average Bonchev–Trinajstić information content (AvgIpc) is 2.79. The van der Waals surface area contributed by atoms with Crippen LogP contribution in [0, 0.1) is 17.1 Å². The lowest BCUT2D eigenvalue weighted by Gasteiger charge is -2.06. The van der Waals surface area contributed by atoms with Gasteiger partial charge in [0.2, 0.25) is 5.88 Å². The number of anilines is 3. The number of hydrogen-bond acceptors (Lipinski definition) is 5. The average molecular weight is 303 g/mol. The van der Waals surface area contributed by atoms with E-state index in [4.69, 9.17) is 27.0 Å². The second-order valence-electron chi connectivity index (χ2n) is 4.24. The molecule has 3 aromatic rings. The molecule has 2 aromatic heterocycles. The Morgan fingerprint density at radius 3 is 2.90 bits per heavy atom. The van der Waals surface area contributed by atoms with Crippen molar-refractivity contribution in [3.63, 3.8) is 0 Å². The molecule has 3 rings (SSSR count). The third-order valence-corrected chi connectivity index (χ3v) is 3.22. The van der Waals surface area contributed by atoms with Crippen molar-refractivity contribution in [2.45, 2.75) is 0 Å². The van der Waals surface area contributed by atoms with Crippen LogP contribution in [0.25, 0.3) is 11.0 Å². The van der Waals surface area contributed by atoms with E-state index in [2.05, 4.69) is 10.3 Å². The first-order valence-electron chi connectivity index (χ1n) is 5.89. The summed E-state index contributed by atoms with van der Waals surface area (Å²) in [5, 5.41) is 12.6. The van der Waals surface area contributed by atoms with Crippen molar-refractivity contribution < 1.29 is 8.81 Å². The highest BCUT2D eigenvalue weighted by Gasteiger charge is 2.16. The summed E-state index contributed by atoms with van der Waals surface area (Å²) in [7, 11) is 0. The summed E-state index contributed by atoms with van der Waals surface area (Å²) in [6.45, 7) is 0. The minimum Gasteiger partial charge on any atom is -0.436 e. The predicted molar refractivity (Wildman–Crippen MR) is 77.8 cm³/mol. The van der Waals surface area contributed by atoms with E-state index in [9.17, 15) is 4.39 Å². The number of nitriles is 1. The van der Waals surface area contributed by atoms with E-state index in [1.807, 2.05) is 6.07 Å². The van der Waals surface area contributed by atoms with E-state index in [1.54, 1.807) is 6.07 Å². The number of pyridine rings is 1. The lowest BCUT2D eigenvalue weighted by Crippen LogP contribution is -1.94. The standard InChI is InChI=1S/C14H8ClFN4O/c15-9-5-7(1-2-10(9)16)20-12-8-3-4-19-11(6-17)13(8)21-14(12)18/h1-5,20H,18H2. The van der Waals surface area contributed by atoms with Gasteiger partial charge in [0.05, 0.1) is 10.4 Å². The lowest BCUT2D eigenvalue weighted by atomic mass is 10.2. The maximum Gasteiger partial charge on any atom is 0.215 e. The molecular weight excluding hydrogens is 295 g/mol. The fourth-order valence-corrected chi connectivity index (χ4v) is 2.15. The van der Waals surface area contributed by atoms with Crippen molar-refractivity contribution in [1.82, 2.24) is 4.98 Å². The molecule has 7 heteroatoms. The molecule has 0 spiro atoms. The Morgan fingerprint density at radius 2 is 2.19 bits per heavy atom. The zero-order chi connectivity index (χ0) is 15.0. The lowest BCUT2D eigenvalue weighted by molar-refractivity contribution is 0.628. The van der Waals surface area contributed by atoms with Crippen molar-refractivity contribution in [2.75, 3.05) is 11.1 Å². The van der Waals surface area contributed by atoms with Gasteiger partial charge in [-0.2, -0.15) is 5.26 Å². The van der Waals surface area contributed by atoms with Crippen LogP contribution in [0.2, 0.25) is 5.02 Å². The largest absolute Gasteiger partial charge is 0.436 e. The number of halogens is 2. The molecule has 0 amide bonds. The van der Waals surface area contributed by atoms with Gasteiger partial charge in [0.15, 0.2) is 11.3 Å². The van der Waals surface area contributed by atoms with Crippen molar-refractivity contribution in [3.8, 4) is 6.07 Å². The SMILES string of the molecule is N#Cc1nccc2c(Nc3ccc(F)c(Cl)c3)c(N)oc12. The second-order valence-corrected chi connectivity index (χ2v) is 4.65. The fourth-order valence-electron chi connectivity index (χ4n) is 1.97. The van der Waals surface area contributed by atoms with Crippen molar-refractivity contribution in [2.24, 2.45) is 0 Å². The van der Waals surface area contributed by atoms with Crippen LogP contribution in [0.3, 0.4) is 0 Å². The summed E-state index contributed by atoms with van der Waals surface area (Å²) < 4.78 is 18.5. The molecule has 0 bridgehead atoms. The monoisotopic (exact) mass is 302 g/mol. The molecule has 0 aliphatic carbocycles. The number of aromatic nitrogens is 1. The van der Waals surface area contributed by atoms with Crippen LogP contribution in [0.5, 0.6) is 0 Å². The molecular formula is C14H8ClFN4O. The molecule has 5 nitrogen and oxygen atoms in total. The Hall–Kier alpha value is -2.78. The Morgan fingerprint density at radius 1 is 1.38 bits per heavy atom. The molecule has 1 aromatic carbocycles. The summed E-state index contributed by atoms with van der Waals surface area (Å²) in [5.41, 5.74) is 7.29. The van der Waals surface area contributed by atoms with Crippen LogP contribution in [0.15, 0.2) is 34.9 Å². The van der Waals surface area contributed by atoms with Crippen LogP contribution in [-0.2, 0) is 0 Å². The van der Waals surface area contributed by atoms with Gasteiger partial charge >= 0.3 is 0 Å². The van der Waals surface area contributed by atoms with Crippen molar-refractivity contribution in [3.05, 3.63) is 47.0 Å². The minimum atomic E-state index is -0.511. The van der Waals surface area contributed by atoms with E-state index in [0.717, 1.165) is 0 Å². The first kappa shape index (κ1) is 13.2. The Kier molecular flexibility index (Phi) is 3.12. The van der Waals surface area contributed by atoms with Gasteiger partial charge in [0.25, 0.3) is 0 Å². The maximum atomic E-state index is 13.2. The molecule has 0 atom stereocenters. The number of fused-ring (bicyclic) bond motifs is 1. The highest BCUT2D eigenvalue weighted by atomic mass is 35.5. The van der Waals surface area contributed by atoms with Gasteiger partial charge in [-0.3, -0.25) is 0 Å². The first-order chi connectivity index (χ1) is 10.1.